The second kappa shape index (κ2) is 6.45. The Labute approximate surface area is 138 Å². The van der Waals surface area contributed by atoms with E-state index in [9.17, 15) is 8.42 Å². The molecule has 0 spiro atoms. The Morgan fingerprint density at radius 3 is 2.22 bits per heavy atom. The van der Waals surface area contributed by atoms with Gasteiger partial charge in [-0.05, 0) is 30.0 Å². The molecule has 0 aliphatic heterocycles. The van der Waals surface area contributed by atoms with E-state index in [-0.39, 0.29) is 16.9 Å². The molecule has 1 aromatic carbocycles. The van der Waals surface area contributed by atoms with Gasteiger partial charge in [-0.3, -0.25) is 0 Å². The van der Waals surface area contributed by atoms with Gasteiger partial charge in [-0.25, -0.2) is 18.1 Å². The molecule has 0 fully saturated rings. The van der Waals surface area contributed by atoms with E-state index in [0.29, 0.717) is 18.1 Å². The van der Waals surface area contributed by atoms with E-state index in [0.717, 1.165) is 11.3 Å². The maximum atomic E-state index is 12.3. The van der Waals surface area contributed by atoms with Crippen molar-refractivity contribution in [3.8, 4) is 0 Å². The lowest BCUT2D eigenvalue weighted by molar-refractivity contribution is 0.472. The minimum Gasteiger partial charge on any atom is -0.446 e. The van der Waals surface area contributed by atoms with Crippen LogP contribution in [-0.4, -0.2) is 19.9 Å². The Hall–Kier alpha value is -1.66. The minimum absolute atomic E-state index is 0.00259. The molecule has 1 aromatic heterocycles. The molecule has 5 nitrogen and oxygen atoms in total. The molecule has 0 saturated carbocycles. The van der Waals surface area contributed by atoms with Gasteiger partial charge in [0.2, 0.25) is 10.0 Å². The number of aryl methyl sites for hydroxylation is 2. The number of rotatable bonds is 5. The van der Waals surface area contributed by atoms with E-state index in [1.165, 1.54) is 0 Å². The van der Waals surface area contributed by atoms with Crippen LogP contribution in [0.1, 0.15) is 43.7 Å². The van der Waals surface area contributed by atoms with E-state index in [1.807, 2.05) is 19.1 Å². The highest BCUT2D eigenvalue weighted by atomic mass is 32.2. The molecule has 1 N–H and O–H groups in total. The van der Waals surface area contributed by atoms with Crippen molar-refractivity contribution >= 4 is 10.0 Å². The molecule has 2 rings (SSSR count). The normalized spacial score (nSPS) is 12.6. The summed E-state index contributed by atoms with van der Waals surface area (Å²) >= 11 is 0. The van der Waals surface area contributed by atoms with Gasteiger partial charge in [-0.1, -0.05) is 32.9 Å². The van der Waals surface area contributed by atoms with Gasteiger partial charge < -0.3 is 4.42 Å². The lowest BCUT2D eigenvalue weighted by Gasteiger charge is -2.19. The zero-order chi connectivity index (χ0) is 17.3. The van der Waals surface area contributed by atoms with Gasteiger partial charge in [0, 0.05) is 19.9 Å². The van der Waals surface area contributed by atoms with E-state index in [4.69, 9.17) is 4.42 Å². The minimum atomic E-state index is -3.51. The van der Waals surface area contributed by atoms with Gasteiger partial charge in [0.1, 0.15) is 5.76 Å². The lowest BCUT2D eigenvalue weighted by atomic mass is 9.87. The van der Waals surface area contributed by atoms with Crippen molar-refractivity contribution in [2.45, 2.75) is 51.3 Å². The van der Waals surface area contributed by atoms with Crippen molar-refractivity contribution < 1.29 is 12.8 Å². The van der Waals surface area contributed by atoms with Crippen molar-refractivity contribution in [2.75, 3.05) is 6.54 Å². The SMILES string of the molecule is Cc1nc(C)c(CCNS(=O)(=O)c2ccc(C(C)(C)C)cc2)o1. The summed E-state index contributed by atoms with van der Waals surface area (Å²) in [6.07, 6.45) is 0.478. The van der Waals surface area contributed by atoms with Gasteiger partial charge in [-0.15, -0.1) is 0 Å². The first-order valence-corrected chi connectivity index (χ1v) is 9.11. The van der Waals surface area contributed by atoms with Crippen LogP contribution in [-0.2, 0) is 21.9 Å². The zero-order valence-electron chi connectivity index (χ0n) is 14.3. The number of hydrogen-bond acceptors (Lipinski definition) is 4. The Morgan fingerprint density at radius 1 is 1.13 bits per heavy atom. The fourth-order valence-electron chi connectivity index (χ4n) is 2.32. The van der Waals surface area contributed by atoms with Crippen LogP contribution in [0.4, 0.5) is 0 Å². The number of nitrogens with zero attached hydrogens (tertiary/aromatic N) is 1. The highest BCUT2D eigenvalue weighted by molar-refractivity contribution is 7.89. The summed E-state index contributed by atoms with van der Waals surface area (Å²) in [7, 11) is -3.51. The third-order valence-electron chi connectivity index (χ3n) is 3.67. The van der Waals surface area contributed by atoms with Crippen LogP contribution in [0.3, 0.4) is 0 Å². The van der Waals surface area contributed by atoms with Crippen LogP contribution in [0.25, 0.3) is 0 Å². The Kier molecular flexibility index (Phi) is 4.96. The van der Waals surface area contributed by atoms with Gasteiger partial charge in [0.15, 0.2) is 5.89 Å². The van der Waals surface area contributed by atoms with Crippen LogP contribution in [0.15, 0.2) is 33.6 Å². The molecule has 0 bridgehead atoms. The van der Waals surface area contributed by atoms with Crippen LogP contribution in [0.5, 0.6) is 0 Å². The van der Waals surface area contributed by atoms with Crippen LogP contribution in [0.2, 0.25) is 0 Å². The average Bonchev–Trinajstić information content (AvgIpc) is 2.76. The number of oxazole rings is 1. The molecule has 0 aliphatic carbocycles. The number of sulfonamides is 1. The molecular weight excluding hydrogens is 312 g/mol. The molecule has 23 heavy (non-hydrogen) atoms. The van der Waals surface area contributed by atoms with Gasteiger partial charge >= 0.3 is 0 Å². The number of nitrogens with one attached hydrogen (secondary N) is 1. The van der Waals surface area contributed by atoms with E-state index in [2.05, 4.69) is 30.5 Å². The summed E-state index contributed by atoms with van der Waals surface area (Å²) in [5.74, 6) is 1.31. The number of benzene rings is 1. The van der Waals surface area contributed by atoms with Crippen LogP contribution in [0, 0.1) is 13.8 Å². The first-order chi connectivity index (χ1) is 10.6. The summed E-state index contributed by atoms with van der Waals surface area (Å²) < 4.78 is 32.7. The molecule has 2 aromatic rings. The molecule has 0 saturated heterocycles. The zero-order valence-corrected chi connectivity index (χ0v) is 15.1. The molecular formula is C17H24N2O3S. The second-order valence-corrected chi connectivity index (χ2v) is 8.43. The van der Waals surface area contributed by atoms with Crippen molar-refractivity contribution in [2.24, 2.45) is 0 Å². The van der Waals surface area contributed by atoms with Crippen molar-refractivity contribution in [3.63, 3.8) is 0 Å². The highest BCUT2D eigenvalue weighted by Gasteiger charge is 2.17. The monoisotopic (exact) mass is 336 g/mol. The number of hydrogen-bond donors (Lipinski definition) is 1. The molecule has 6 heteroatoms. The molecule has 126 valence electrons. The second-order valence-electron chi connectivity index (χ2n) is 6.66. The summed E-state index contributed by atoms with van der Waals surface area (Å²) in [5.41, 5.74) is 1.90. The number of aromatic nitrogens is 1. The Bertz CT molecular complexity index is 769. The fraction of sp³-hybridized carbons (Fsp3) is 0.471. The maximum Gasteiger partial charge on any atom is 0.240 e. The Balaban J connectivity index is 2.03. The van der Waals surface area contributed by atoms with E-state index < -0.39 is 10.0 Å². The van der Waals surface area contributed by atoms with Crippen LogP contribution < -0.4 is 4.72 Å². The summed E-state index contributed by atoms with van der Waals surface area (Å²) in [6.45, 7) is 10.2. The van der Waals surface area contributed by atoms with E-state index >= 15 is 0 Å². The van der Waals surface area contributed by atoms with Crippen molar-refractivity contribution in [1.29, 1.82) is 0 Å². The van der Waals surface area contributed by atoms with E-state index in [1.54, 1.807) is 19.1 Å². The topological polar surface area (TPSA) is 72.2 Å². The predicted molar refractivity (Wildman–Crippen MR) is 90.0 cm³/mol. The third kappa shape index (κ3) is 4.42. The third-order valence-corrected chi connectivity index (χ3v) is 5.15. The highest BCUT2D eigenvalue weighted by Crippen LogP contribution is 2.23. The largest absolute Gasteiger partial charge is 0.446 e. The average molecular weight is 336 g/mol. The smallest absolute Gasteiger partial charge is 0.240 e. The van der Waals surface area contributed by atoms with Crippen molar-refractivity contribution in [3.05, 3.63) is 47.2 Å². The first kappa shape index (κ1) is 17.7. The van der Waals surface area contributed by atoms with Gasteiger partial charge in [0.25, 0.3) is 0 Å². The summed E-state index contributed by atoms with van der Waals surface area (Å²) in [4.78, 5) is 4.45. The quantitative estimate of drug-likeness (QED) is 0.910. The fourth-order valence-corrected chi connectivity index (χ4v) is 3.35. The van der Waals surface area contributed by atoms with Crippen LogP contribution >= 0.6 is 0 Å². The predicted octanol–water partition coefficient (Wildman–Crippen LogP) is 3.11. The summed E-state index contributed by atoms with van der Waals surface area (Å²) in [6, 6.07) is 7.01. The summed E-state index contributed by atoms with van der Waals surface area (Å²) in [5, 5.41) is 0. The molecule has 0 radical (unpaired) electrons. The standard InChI is InChI=1S/C17H24N2O3S/c1-12-16(22-13(2)19-12)10-11-18-23(20,21)15-8-6-14(7-9-15)17(3,4)5/h6-9,18H,10-11H2,1-5H3. The van der Waals surface area contributed by atoms with Gasteiger partial charge in [0.05, 0.1) is 10.6 Å². The molecule has 0 aliphatic rings. The lowest BCUT2D eigenvalue weighted by Crippen LogP contribution is -2.26. The first-order valence-electron chi connectivity index (χ1n) is 7.63. The molecule has 0 unspecified atom stereocenters. The maximum absolute atomic E-state index is 12.3. The Morgan fingerprint density at radius 2 is 1.74 bits per heavy atom. The molecule has 1 heterocycles. The van der Waals surface area contributed by atoms with Crippen molar-refractivity contribution in [1.82, 2.24) is 9.71 Å². The molecule has 0 amide bonds. The molecule has 0 atom stereocenters. The van der Waals surface area contributed by atoms with Gasteiger partial charge in [-0.2, -0.15) is 0 Å².